The third kappa shape index (κ3) is 2.78. The number of carbonyl (C=O) groups is 1. The van der Waals surface area contributed by atoms with Gasteiger partial charge < -0.3 is 20.7 Å². The van der Waals surface area contributed by atoms with Crippen molar-refractivity contribution in [2.24, 2.45) is 11.7 Å². The number of carbonyl (C=O) groups excluding carboxylic acids is 1. The lowest BCUT2D eigenvalue weighted by molar-refractivity contribution is -0.139. The molecular weight excluding hydrogens is 218 g/mol. The van der Waals surface area contributed by atoms with Crippen molar-refractivity contribution in [2.75, 3.05) is 20.3 Å². The number of hydrogen-bond donors (Lipinski definition) is 2. The van der Waals surface area contributed by atoms with E-state index in [9.17, 15) is 4.79 Å². The predicted molar refractivity (Wildman–Crippen MR) is 65.3 cm³/mol. The lowest BCUT2D eigenvalue weighted by Gasteiger charge is -2.44. The molecule has 2 aliphatic rings. The number of methoxy groups -OCH3 is 1. The quantitative estimate of drug-likeness (QED) is 0.721. The SMILES string of the molecule is COCCC(=O)N1C(C)CNC(C2CC2)C1N. The van der Waals surface area contributed by atoms with Crippen molar-refractivity contribution in [3.05, 3.63) is 0 Å². The molecule has 1 amide bonds. The van der Waals surface area contributed by atoms with Crippen LogP contribution in [0.15, 0.2) is 0 Å². The first kappa shape index (κ1) is 12.8. The summed E-state index contributed by atoms with van der Waals surface area (Å²) in [4.78, 5) is 14.0. The van der Waals surface area contributed by atoms with Gasteiger partial charge in [0.15, 0.2) is 0 Å². The Kier molecular flexibility index (Phi) is 4.01. The van der Waals surface area contributed by atoms with Crippen LogP contribution in [0, 0.1) is 5.92 Å². The van der Waals surface area contributed by atoms with E-state index >= 15 is 0 Å². The summed E-state index contributed by atoms with van der Waals surface area (Å²) in [5, 5.41) is 3.47. The minimum Gasteiger partial charge on any atom is -0.384 e. The number of nitrogens with one attached hydrogen (secondary N) is 1. The average Bonchev–Trinajstić information content (AvgIpc) is 3.10. The van der Waals surface area contributed by atoms with Gasteiger partial charge in [0.1, 0.15) is 0 Å². The van der Waals surface area contributed by atoms with Crippen molar-refractivity contribution in [3.8, 4) is 0 Å². The van der Waals surface area contributed by atoms with Crippen molar-refractivity contribution >= 4 is 5.91 Å². The van der Waals surface area contributed by atoms with Gasteiger partial charge in [-0.1, -0.05) is 0 Å². The number of nitrogens with two attached hydrogens (primary N) is 1. The van der Waals surface area contributed by atoms with Crippen molar-refractivity contribution < 1.29 is 9.53 Å². The van der Waals surface area contributed by atoms with Crippen molar-refractivity contribution in [2.45, 2.75) is 44.4 Å². The molecule has 17 heavy (non-hydrogen) atoms. The second kappa shape index (κ2) is 5.33. The molecule has 5 nitrogen and oxygen atoms in total. The van der Waals surface area contributed by atoms with Crippen LogP contribution in [0.3, 0.4) is 0 Å². The number of amides is 1. The molecule has 0 aromatic heterocycles. The Hall–Kier alpha value is -0.650. The van der Waals surface area contributed by atoms with Crippen molar-refractivity contribution in [3.63, 3.8) is 0 Å². The van der Waals surface area contributed by atoms with E-state index < -0.39 is 0 Å². The first-order valence-electron chi connectivity index (χ1n) is 6.44. The van der Waals surface area contributed by atoms with Gasteiger partial charge in [-0.15, -0.1) is 0 Å². The first-order valence-corrected chi connectivity index (χ1v) is 6.44. The summed E-state index contributed by atoms with van der Waals surface area (Å²) in [7, 11) is 1.61. The highest BCUT2D eigenvalue weighted by Crippen LogP contribution is 2.35. The molecule has 2 fully saturated rings. The highest BCUT2D eigenvalue weighted by Gasteiger charge is 2.42. The number of nitrogens with zero attached hydrogens (tertiary/aromatic N) is 1. The lowest BCUT2D eigenvalue weighted by Crippen LogP contribution is -2.67. The zero-order chi connectivity index (χ0) is 12.4. The van der Waals surface area contributed by atoms with Crippen molar-refractivity contribution in [1.29, 1.82) is 0 Å². The summed E-state index contributed by atoms with van der Waals surface area (Å²) >= 11 is 0. The highest BCUT2D eigenvalue weighted by molar-refractivity contribution is 5.77. The molecule has 0 aromatic rings. The maximum atomic E-state index is 12.1. The summed E-state index contributed by atoms with van der Waals surface area (Å²) in [5.74, 6) is 0.772. The molecule has 0 radical (unpaired) electrons. The van der Waals surface area contributed by atoms with E-state index in [2.05, 4.69) is 5.32 Å². The van der Waals surface area contributed by atoms with Gasteiger partial charge in [0, 0.05) is 25.7 Å². The summed E-state index contributed by atoms with van der Waals surface area (Å²) < 4.78 is 4.96. The fraction of sp³-hybridized carbons (Fsp3) is 0.917. The van der Waals surface area contributed by atoms with E-state index in [1.165, 1.54) is 12.8 Å². The van der Waals surface area contributed by atoms with Gasteiger partial charge in [-0.25, -0.2) is 0 Å². The number of hydrogen-bond acceptors (Lipinski definition) is 4. The topological polar surface area (TPSA) is 67.6 Å². The molecule has 0 bridgehead atoms. The van der Waals surface area contributed by atoms with E-state index in [1.807, 2.05) is 11.8 Å². The average molecular weight is 241 g/mol. The molecule has 1 heterocycles. The first-order chi connectivity index (χ1) is 8.15. The van der Waals surface area contributed by atoms with Gasteiger partial charge in [-0.2, -0.15) is 0 Å². The third-order valence-electron chi connectivity index (χ3n) is 3.75. The maximum Gasteiger partial charge on any atom is 0.226 e. The van der Waals surface area contributed by atoms with E-state index in [1.54, 1.807) is 7.11 Å². The number of piperazine rings is 1. The normalized spacial score (nSPS) is 33.8. The minimum absolute atomic E-state index is 0.110. The largest absolute Gasteiger partial charge is 0.384 e. The monoisotopic (exact) mass is 241 g/mol. The lowest BCUT2D eigenvalue weighted by atomic mass is 10.0. The zero-order valence-electron chi connectivity index (χ0n) is 10.7. The van der Waals surface area contributed by atoms with Crippen LogP contribution in [0.5, 0.6) is 0 Å². The van der Waals surface area contributed by atoms with E-state index in [-0.39, 0.29) is 24.2 Å². The summed E-state index contributed by atoms with van der Waals surface area (Å²) in [6.45, 7) is 3.35. The Balaban J connectivity index is 1.98. The van der Waals surface area contributed by atoms with Crippen LogP contribution in [0.4, 0.5) is 0 Å². The minimum atomic E-state index is -0.185. The van der Waals surface area contributed by atoms with Crippen LogP contribution in [0.1, 0.15) is 26.2 Å². The smallest absolute Gasteiger partial charge is 0.226 e. The zero-order valence-corrected chi connectivity index (χ0v) is 10.7. The molecule has 1 aliphatic heterocycles. The summed E-state index contributed by atoms with van der Waals surface area (Å²) in [5.41, 5.74) is 6.23. The molecule has 3 atom stereocenters. The summed E-state index contributed by atoms with van der Waals surface area (Å²) in [6, 6.07) is 0.446. The number of rotatable bonds is 4. The highest BCUT2D eigenvalue weighted by atomic mass is 16.5. The standard InChI is InChI=1S/C12H23N3O2/c1-8-7-14-11(9-3-4-9)12(13)15(8)10(16)5-6-17-2/h8-9,11-12,14H,3-7,13H2,1-2H3. The summed E-state index contributed by atoms with van der Waals surface area (Å²) in [6.07, 6.45) is 2.71. The van der Waals surface area contributed by atoms with Gasteiger partial charge in [0.05, 0.1) is 19.2 Å². The maximum absolute atomic E-state index is 12.1. The molecule has 1 saturated carbocycles. The molecular formula is C12H23N3O2. The molecule has 0 spiro atoms. The van der Waals surface area contributed by atoms with Gasteiger partial charge >= 0.3 is 0 Å². The van der Waals surface area contributed by atoms with Crippen LogP contribution in [0.25, 0.3) is 0 Å². The molecule has 1 aliphatic carbocycles. The van der Waals surface area contributed by atoms with E-state index in [0.29, 0.717) is 18.9 Å². The van der Waals surface area contributed by atoms with Gasteiger partial charge in [-0.05, 0) is 25.7 Å². The van der Waals surface area contributed by atoms with Gasteiger partial charge in [0.2, 0.25) is 5.91 Å². The second-order valence-corrected chi connectivity index (χ2v) is 5.15. The van der Waals surface area contributed by atoms with Crippen LogP contribution < -0.4 is 11.1 Å². The molecule has 98 valence electrons. The molecule has 3 unspecified atom stereocenters. The van der Waals surface area contributed by atoms with Crippen LogP contribution in [-0.4, -0.2) is 49.3 Å². The van der Waals surface area contributed by atoms with Gasteiger partial charge in [0.25, 0.3) is 0 Å². The Morgan fingerprint density at radius 1 is 1.53 bits per heavy atom. The molecule has 5 heteroatoms. The third-order valence-corrected chi connectivity index (χ3v) is 3.75. The number of ether oxygens (including phenoxy) is 1. The van der Waals surface area contributed by atoms with Gasteiger partial charge in [-0.3, -0.25) is 4.79 Å². The van der Waals surface area contributed by atoms with E-state index in [0.717, 1.165) is 6.54 Å². The Morgan fingerprint density at radius 2 is 2.24 bits per heavy atom. The Labute approximate surface area is 103 Å². The second-order valence-electron chi connectivity index (χ2n) is 5.15. The van der Waals surface area contributed by atoms with Crippen LogP contribution in [-0.2, 0) is 9.53 Å². The molecule has 3 N–H and O–H groups in total. The molecule has 0 aromatic carbocycles. The van der Waals surface area contributed by atoms with E-state index in [4.69, 9.17) is 10.5 Å². The molecule has 1 saturated heterocycles. The van der Waals surface area contributed by atoms with Crippen molar-refractivity contribution in [1.82, 2.24) is 10.2 Å². The van der Waals surface area contributed by atoms with Crippen LogP contribution >= 0.6 is 0 Å². The predicted octanol–water partition coefficient (Wildman–Crippen LogP) is -0.0934. The fourth-order valence-electron chi connectivity index (χ4n) is 2.62. The van der Waals surface area contributed by atoms with Crippen LogP contribution in [0.2, 0.25) is 0 Å². The Morgan fingerprint density at radius 3 is 2.82 bits per heavy atom. The Bertz CT molecular complexity index is 281. The fourth-order valence-corrected chi connectivity index (χ4v) is 2.62. The molecule has 2 rings (SSSR count).